The van der Waals surface area contributed by atoms with Crippen molar-refractivity contribution < 1.29 is 0 Å². The molecule has 0 spiro atoms. The van der Waals surface area contributed by atoms with Gasteiger partial charge in [0.05, 0.1) is 5.69 Å². The van der Waals surface area contributed by atoms with Crippen LogP contribution in [-0.2, 0) is 0 Å². The van der Waals surface area contributed by atoms with Crippen molar-refractivity contribution in [1.29, 1.82) is 0 Å². The van der Waals surface area contributed by atoms with E-state index in [0.29, 0.717) is 0 Å². The number of nitrogens with one attached hydrogen (secondary N) is 1. The van der Waals surface area contributed by atoms with Crippen molar-refractivity contribution in [2.75, 3.05) is 5.43 Å². The number of nitrogens with two attached hydrogens (primary N) is 1. The Bertz CT molecular complexity index is 336. The summed E-state index contributed by atoms with van der Waals surface area (Å²) in [6, 6.07) is 0. The lowest BCUT2D eigenvalue weighted by molar-refractivity contribution is 0.414. The van der Waals surface area contributed by atoms with Gasteiger partial charge in [0.25, 0.3) is 0 Å². The van der Waals surface area contributed by atoms with E-state index in [2.05, 4.69) is 15.8 Å². The Morgan fingerprint density at radius 3 is 2.93 bits per heavy atom. The first-order valence-electron chi connectivity index (χ1n) is 5.29. The molecule has 3 nitrogen and oxygen atoms in total. The monoisotopic (exact) mass is 209 g/mol. The van der Waals surface area contributed by atoms with Crippen molar-refractivity contribution in [3.63, 3.8) is 0 Å². The Hall–Kier alpha value is -0.610. The Kier molecular flexibility index (Phi) is 1.99. The lowest BCUT2D eigenvalue weighted by atomic mass is 9.87. The number of fused-ring (bicyclic) bond motifs is 2. The van der Waals surface area contributed by atoms with Crippen LogP contribution in [0.2, 0.25) is 0 Å². The van der Waals surface area contributed by atoms with Gasteiger partial charge in [0.15, 0.2) is 5.13 Å². The van der Waals surface area contributed by atoms with Crippen LogP contribution in [0, 0.1) is 11.8 Å². The molecule has 76 valence electrons. The second-order valence-electron chi connectivity index (χ2n) is 4.50. The largest absolute Gasteiger partial charge is 0.300 e. The van der Waals surface area contributed by atoms with Crippen LogP contribution in [0.25, 0.3) is 0 Å². The first-order chi connectivity index (χ1) is 6.86. The fourth-order valence-electron chi connectivity index (χ4n) is 3.13. The van der Waals surface area contributed by atoms with Gasteiger partial charge in [0.1, 0.15) is 0 Å². The molecule has 2 bridgehead atoms. The predicted octanol–water partition coefficient (Wildman–Crippen LogP) is 2.33. The van der Waals surface area contributed by atoms with Gasteiger partial charge in [0, 0.05) is 11.3 Å². The van der Waals surface area contributed by atoms with Crippen LogP contribution in [-0.4, -0.2) is 4.98 Å². The third kappa shape index (κ3) is 1.25. The fraction of sp³-hybridized carbons (Fsp3) is 0.700. The van der Waals surface area contributed by atoms with Gasteiger partial charge in [-0.3, -0.25) is 5.43 Å². The van der Waals surface area contributed by atoms with E-state index in [1.807, 2.05) is 0 Å². The molecule has 14 heavy (non-hydrogen) atoms. The van der Waals surface area contributed by atoms with Gasteiger partial charge in [0.2, 0.25) is 0 Å². The lowest BCUT2D eigenvalue weighted by Gasteiger charge is -2.19. The molecule has 0 aromatic carbocycles. The Morgan fingerprint density at radius 2 is 2.36 bits per heavy atom. The Balaban J connectivity index is 1.82. The number of anilines is 1. The van der Waals surface area contributed by atoms with Crippen LogP contribution in [0.3, 0.4) is 0 Å². The second kappa shape index (κ2) is 3.21. The second-order valence-corrected chi connectivity index (χ2v) is 5.36. The summed E-state index contributed by atoms with van der Waals surface area (Å²) < 4.78 is 0. The van der Waals surface area contributed by atoms with Crippen molar-refractivity contribution in [3.05, 3.63) is 11.1 Å². The van der Waals surface area contributed by atoms with E-state index in [9.17, 15) is 0 Å². The molecule has 0 saturated heterocycles. The molecule has 2 aliphatic rings. The minimum atomic E-state index is 0.729. The highest BCUT2D eigenvalue weighted by Gasteiger charge is 2.41. The molecule has 1 aromatic rings. The zero-order valence-corrected chi connectivity index (χ0v) is 8.89. The van der Waals surface area contributed by atoms with Gasteiger partial charge in [-0.05, 0) is 31.1 Å². The number of rotatable bonds is 2. The summed E-state index contributed by atoms with van der Waals surface area (Å²) in [5, 5.41) is 3.02. The zero-order valence-electron chi connectivity index (χ0n) is 8.07. The molecule has 3 atom stereocenters. The number of nitrogens with zero attached hydrogens (tertiary/aromatic N) is 1. The third-order valence-corrected chi connectivity index (χ3v) is 4.56. The van der Waals surface area contributed by atoms with E-state index >= 15 is 0 Å². The SMILES string of the molecule is NNc1nc(C2CC3CCC2C3)cs1. The summed E-state index contributed by atoms with van der Waals surface area (Å²) in [6.45, 7) is 0. The minimum Gasteiger partial charge on any atom is -0.300 e. The van der Waals surface area contributed by atoms with Crippen LogP contribution >= 0.6 is 11.3 Å². The summed E-state index contributed by atoms with van der Waals surface area (Å²) in [6.07, 6.45) is 5.66. The standard InChI is InChI=1S/C10H15N3S/c11-13-10-12-9(5-14-10)8-4-6-1-2-7(8)3-6/h5-8H,1-4,11H2,(H,12,13). The van der Waals surface area contributed by atoms with Crippen LogP contribution < -0.4 is 11.3 Å². The average Bonchev–Trinajstić information content (AvgIpc) is 2.93. The maximum Gasteiger partial charge on any atom is 0.197 e. The summed E-state index contributed by atoms with van der Waals surface area (Å²) in [4.78, 5) is 4.51. The van der Waals surface area contributed by atoms with Crippen LogP contribution in [0.4, 0.5) is 5.13 Å². The molecule has 0 amide bonds. The molecule has 3 unspecified atom stereocenters. The van der Waals surface area contributed by atoms with Crippen LogP contribution in [0.1, 0.15) is 37.3 Å². The van der Waals surface area contributed by atoms with Crippen molar-refractivity contribution in [3.8, 4) is 0 Å². The highest BCUT2D eigenvalue weighted by molar-refractivity contribution is 7.13. The third-order valence-electron chi connectivity index (χ3n) is 3.76. The van der Waals surface area contributed by atoms with Gasteiger partial charge in [-0.1, -0.05) is 6.42 Å². The smallest absolute Gasteiger partial charge is 0.197 e. The van der Waals surface area contributed by atoms with Gasteiger partial charge in [-0.15, -0.1) is 11.3 Å². The Morgan fingerprint density at radius 1 is 1.43 bits per heavy atom. The molecule has 2 saturated carbocycles. The van der Waals surface area contributed by atoms with E-state index in [1.165, 1.54) is 31.4 Å². The quantitative estimate of drug-likeness (QED) is 0.580. The summed E-state index contributed by atoms with van der Waals surface area (Å²) in [5.74, 6) is 7.96. The van der Waals surface area contributed by atoms with Crippen molar-refractivity contribution in [2.45, 2.75) is 31.6 Å². The normalized spacial score (nSPS) is 35.1. The number of nitrogen functional groups attached to an aromatic ring is 1. The van der Waals surface area contributed by atoms with Gasteiger partial charge >= 0.3 is 0 Å². The highest BCUT2D eigenvalue weighted by Crippen LogP contribution is 2.52. The molecular weight excluding hydrogens is 194 g/mol. The first-order valence-corrected chi connectivity index (χ1v) is 6.17. The molecule has 0 radical (unpaired) electrons. The van der Waals surface area contributed by atoms with Gasteiger partial charge < -0.3 is 0 Å². The predicted molar refractivity (Wildman–Crippen MR) is 58.1 cm³/mol. The molecule has 2 aliphatic carbocycles. The van der Waals surface area contributed by atoms with Gasteiger partial charge in [-0.2, -0.15) is 0 Å². The average molecular weight is 209 g/mol. The number of hydrogen-bond donors (Lipinski definition) is 2. The minimum absolute atomic E-state index is 0.729. The molecule has 2 fully saturated rings. The highest BCUT2D eigenvalue weighted by atomic mass is 32.1. The van der Waals surface area contributed by atoms with E-state index in [1.54, 1.807) is 11.3 Å². The number of aromatic nitrogens is 1. The van der Waals surface area contributed by atoms with E-state index in [4.69, 9.17) is 5.84 Å². The van der Waals surface area contributed by atoms with Crippen molar-refractivity contribution in [2.24, 2.45) is 17.7 Å². The summed E-state index contributed by atoms with van der Waals surface area (Å²) in [5.41, 5.74) is 3.90. The number of thiazole rings is 1. The van der Waals surface area contributed by atoms with Gasteiger partial charge in [-0.25, -0.2) is 10.8 Å². The first kappa shape index (κ1) is 8.68. The Labute approximate surface area is 87.7 Å². The number of hydrazine groups is 1. The topological polar surface area (TPSA) is 50.9 Å². The van der Waals surface area contributed by atoms with E-state index < -0.39 is 0 Å². The lowest BCUT2D eigenvalue weighted by Crippen LogP contribution is -2.10. The number of hydrogen-bond acceptors (Lipinski definition) is 4. The molecule has 3 N–H and O–H groups in total. The van der Waals surface area contributed by atoms with Crippen LogP contribution in [0.15, 0.2) is 5.38 Å². The molecule has 4 heteroatoms. The molecule has 0 aliphatic heterocycles. The molecule has 1 heterocycles. The molecule has 1 aromatic heterocycles. The fourth-order valence-corrected chi connectivity index (χ4v) is 3.82. The molecule has 3 rings (SSSR count). The van der Waals surface area contributed by atoms with E-state index in [0.717, 1.165) is 22.9 Å². The molecular formula is C10H15N3S. The van der Waals surface area contributed by atoms with Crippen molar-refractivity contribution in [1.82, 2.24) is 4.98 Å². The zero-order chi connectivity index (χ0) is 9.54. The maximum atomic E-state index is 5.34. The summed E-state index contributed by atoms with van der Waals surface area (Å²) in [7, 11) is 0. The van der Waals surface area contributed by atoms with Crippen molar-refractivity contribution >= 4 is 16.5 Å². The summed E-state index contributed by atoms with van der Waals surface area (Å²) >= 11 is 1.62. The van der Waals surface area contributed by atoms with Crippen LogP contribution in [0.5, 0.6) is 0 Å². The maximum absolute atomic E-state index is 5.34. The van der Waals surface area contributed by atoms with E-state index in [-0.39, 0.29) is 0 Å².